The molecule has 4 aromatic carbocycles. The molecular formula is C41H44O13. The molecule has 0 aliphatic carbocycles. The van der Waals surface area contributed by atoms with E-state index in [0.717, 1.165) is 5.56 Å². The van der Waals surface area contributed by atoms with Crippen LogP contribution in [0.2, 0.25) is 0 Å². The number of carbonyl (C=O) groups is 2. The summed E-state index contributed by atoms with van der Waals surface area (Å²) in [7, 11) is 7.28. The molecule has 0 aliphatic rings. The summed E-state index contributed by atoms with van der Waals surface area (Å²) in [5.41, 5.74) is 2.75. The Kier molecular flexibility index (Phi) is 15.0. The Labute approximate surface area is 313 Å². The van der Waals surface area contributed by atoms with Crippen molar-refractivity contribution in [3.63, 3.8) is 0 Å². The molecule has 0 aromatic heterocycles. The second-order valence-corrected chi connectivity index (χ2v) is 11.7. The van der Waals surface area contributed by atoms with E-state index in [-0.39, 0.29) is 42.0 Å². The molecule has 0 unspecified atom stereocenters. The molecule has 0 bridgehead atoms. The van der Waals surface area contributed by atoms with Gasteiger partial charge in [-0.15, -0.1) is 0 Å². The number of rotatable bonds is 19. The minimum Gasteiger partial charge on any atom is -0.504 e. The molecule has 0 fully saturated rings. The van der Waals surface area contributed by atoms with Crippen LogP contribution >= 0.6 is 0 Å². The van der Waals surface area contributed by atoms with Crippen LogP contribution in [-0.4, -0.2) is 82.1 Å². The lowest BCUT2D eigenvalue weighted by Crippen LogP contribution is -2.32. The first-order valence-corrected chi connectivity index (χ1v) is 16.8. The molecule has 286 valence electrons. The lowest BCUT2D eigenvalue weighted by Gasteiger charge is -2.28. The van der Waals surface area contributed by atoms with Gasteiger partial charge in [-0.05, 0) is 95.8 Å². The van der Waals surface area contributed by atoms with Crippen LogP contribution in [0.5, 0.6) is 46.0 Å². The van der Waals surface area contributed by atoms with Gasteiger partial charge >= 0.3 is 11.9 Å². The summed E-state index contributed by atoms with van der Waals surface area (Å²) in [6, 6.07) is 19.5. The molecule has 2 atom stereocenters. The summed E-state index contributed by atoms with van der Waals surface area (Å²) < 4.78 is 44.4. The quantitative estimate of drug-likeness (QED) is 0.0547. The average molecular weight is 745 g/mol. The summed E-state index contributed by atoms with van der Waals surface area (Å²) >= 11 is 0. The summed E-state index contributed by atoms with van der Waals surface area (Å²) in [5.74, 6) is 0.278. The van der Waals surface area contributed by atoms with Gasteiger partial charge in [-0.25, -0.2) is 9.59 Å². The zero-order valence-electron chi connectivity index (χ0n) is 30.6. The highest BCUT2D eigenvalue weighted by molar-refractivity contribution is 5.87. The van der Waals surface area contributed by atoms with Gasteiger partial charge in [-0.3, -0.25) is 0 Å². The van der Waals surface area contributed by atoms with Crippen molar-refractivity contribution in [1.29, 1.82) is 0 Å². The standard InChI is InChI=1S/C41H44O13/c1-47-34-21-27(8-14-30(34)42)11-18-39(45)52-20-6-7-26-10-17-33(37(23-26)50-4)54-38(41(51-5)29-13-16-32(44)36(24-29)49-3)25-53-40(46)19-12-28-9-15-31(43)35(22-28)48-2/h8-19,21-24,38,41-44H,6-7,20,25H2,1-5H3/b18-11+,19-12+/t38-,41-/m0/s1. The Bertz CT molecular complexity index is 1930. The number of hydrogen-bond donors (Lipinski definition) is 3. The molecule has 3 N–H and O–H groups in total. The van der Waals surface area contributed by atoms with Crippen molar-refractivity contribution in [3.8, 4) is 46.0 Å². The van der Waals surface area contributed by atoms with Crippen molar-refractivity contribution < 1.29 is 62.8 Å². The van der Waals surface area contributed by atoms with Crippen LogP contribution in [0, 0.1) is 0 Å². The van der Waals surface area contributed by atoms with Crippen LogP contribution in [0.15, 0.2) is 84.9 Å². The van der Waals surface area contributed by atoms with Gasteiger partial charge in [0, 0.05) is 19.3 Å². The van der Waals surface area contributed by atoms with Crippen molar-refractivity contribution in [1.82, 2.24) is 0 Å². The molecule has 0 saturated heterocycles. The molecule has 13 heteroatoms. The molecule has 0 spiro atoms. The van der Waals surface area contributed by atoms with Crippen LogP contribution < -0.4 is 23.7 Å². The van der Waals surface area contributed by atoms with E-state index in [0.29, 0.717) is 46.8 Å². The van der Waals surface area contributed by atoms with Gasteiger partial charge in [0.05, 0.1) is 35.0 Å². The minimum absolute atomic E-state index is 0.00199. The number of aryl methyl sites for hydroxylation is 1. The van der Waals surface area contributed by atoms with Crippen molar-refractivity contribution in [2.45, 2.75) is 25.0 Å². The Hall–Kier alpha value is -6.34. The maximum absolute atomic E-state index is 12.8. The van der Waals surface area contributed by atoms with Crippen LogP contribution in [-0.2, 0) is 30.2 Å². The molecule has 0 heterocycles. The molecule has 4 rings (SSSR count). The number of hydrogen-bond acceptors (Lipinski definition) is 13. The number of phenolic OH excluding ortho intramolecular Hbond substituents is 3. The maximum Gasteiger partial charge on any atom is 0.330 e. The highest BCUT2D eigenvalue weighted by Crippen LogP contribution is 2.36. The number of benzene rings is 4. The molecule has 13 nitrogen and oxygen atoms in total. The summed E-state index contributed by atoms with van der Waals surface area (Å²) in [6.07, 6.45) is 5.05. The molecule has 0 saturated carbocycles. The van der Waals surface area contributed by atoms with Crippen LogP contribution in [0.3, 0.4) is 0 Å². The largest absolute Gasteiger partial charge is 0.504 e. The maximum atomic E-state index is 12.8. The zero-order chi connectivity index (χ0) is 39.0. The van der Waals surface area contributed by atoms with E-state index in [1.165, 1.54) is 72.0 Å². The second-order valence-electron chi connectivity index (χ2n) is 11.7. The van der Waals surface area contributed by atoms with Crippen molar-refractivity contribution in [2.75, 3.05) is 48.8 Å². The third-order valence-electron chi connectivity index (χ3n) is 8.11. The fourth-order valence-electron chi connectivity index (χ4n) is 5.32. The normalized spacial score (nSPS) is 12.2. The van der Waals surface area contributed by atoms with Gasteiger partial charge in [0.2, 0.25) is 0 Å². The fraction of sp³-hybridized carbons (Fsp3) is 0.268. The van der Waals surface area contributed by atoms with Crippen LogP contribution in [0.1, 0.15) is 34.8 Å². The summed E-state index contributed by atoms with van der Waals surface area (Å²) in [6.45, 7) is -0.0643. The zero-order valence-corrected chi connectivity index (χ0v) is 30.6. The fourth-order valence-corrected chi connectivity index (χ4v) is 5.32. The van der Waals surface area contributed by atoms with E-state index < -0.39 is 24.1 Å². The third kappa shape index (κ3) is 11.3. The highest BCUT2D eigenvalue weighted by Gasteiger charge is 2.29. The van der Waals surface area contributed by atoms with E-state index in [9.17, 15) is 24.9 Å². The van der Waals surface area contributed by atoms with E-state index >= 15 is 0 Å². The molecule has 4 aromatic rings. The topological polar surface area (TPSA) is 169 Å². The number of methoxy groups -OCH3 is 5. The van der Waals surface area contributed by atoms with E-state index in [4.69, 9.17) is 37.9 Å². The second kappa shape index (κ2) is 20.0. The van der Waals surface area contributed by atoms with Gasteiger partial charge in [0.1, 0.15) is 12.7 Å². The first kappa shape index (κ1) is 40.4. The van der Waals surface area contributed by atoms with Crippen molar-refractivity contribution in [3.05, 3.63) is 107 Å². The first-order chi connectivity index (χ1) is 26.1. The van der Waals surface area contributed by atoms with Crippen molar-refractivity contribution in [2.24, 2.45) is 0 Å². The van der Waals surface area contributed by atoms with E-state index in [1.807, 2.05) is 6.07 Å². The number of phenols is 3. The molecule has 0 amide bonds. The monoisotopic (exact) mass is 744 g/mol. The van der Waals surface area contributed by atoms with Crippen molar-refractivity contribution >= 4 is 24.1 Å². The Morgan fingerprint density at radius 3 is 1.70 bits per heavy atom. The number of aromatic hydroxyl groups is 3. The summed E-state index contributed by atoms with van der Waals surface area (Å²) in [5, 5.41) is 29.8. The number of esters is 2. The summed E-state index contributed by atoms with van der Waals surface area (Å²) in [4.78, 5) is 25.1. The minimum atomic E-state index is -0.898. The lowest BCUT2D eigenvalue weighted by atomic mass is 10.0. The smallest absolute Gasteiger partial charge is 0.330 e. The molecule has 0 aliphatic heterocycles. The Balaban J connectivity index is 1.43. The van der Waals surface area contributed by atoms with Gasteiger partial charge in [-0.2, -0.15) is 0 Å². The predicted molar refractivity (Wildman–Crippen MR) is 199 cm³/mol. The Morgan fingerprint density at radius 2 is 1.15 bits per heavy atom. The van der Waals surface area contributed by atoms with Gasteiger partial charge in [0.15, 0.2) is 52.1 Å². The van der Waals surface area contributed by atoms with E-state index in [2.05, 4.69) is 0 Å². The molecule has 54 heavy (non-hydrogen) atoms. The molecule has 0 radical (unpaired) electrons. The lowest BCUT2D eigenvalue weighted by molar-refractivity contribution is -0.143. The van der Waals surface area contributed by atoms with E-state index in [1.54, 1.807) is 54.6 Å². The predicted octanol–water partition coefficient (Wildman–Crippen LogP) is 6.42. The number of carbonyl (C=O) groups excluding carboxylic acids is 2. The van der Waals surface area contributed by atoms with Gasteiger partial charge in [0.25, 0.3) is 0 Å². The molecular weight excluding hydrogens is 700 g/mol. The Morgan fingerprint density at radius 1 is 0.611 bits per heavy atom. The first-order valence-electron chi connectivity index (χ1n) is 16.8. The van der Waals surface area contributed by atoms with Gasteiger partial charge < -0.3 is 53.2 Å². The highest BCUT2D eigenvalue weighted by atomic mass is 16.6. The SMILES string of the molecule is COc1cc(/C=C/C(=O)OCCCc2ccc(O[C@@H](COC(=O)/C=C/c3ccc(O)c(OC)c3)[C@@H](OC)c3ccc(O)c(OC)c3)c(OC)c2)ccc1O. The third-order valence-corrected chi connectivity index (χ3v) is 8.11. The number of ether oxygens (including phenoxy) is 8. The van der Waals surface area contributed by atoms with Crippen LogP contribution in [0.25, 0.3) is 12.2 Å². The van der Waals surface area contributed by atoms with Crippen LogP contribution in [0.4, 0.5) is 0 Å². The van der Waals surface area contributed by atoms with Gasteiger partial charge in [-0.1, -0.05) is 24.3 Å². The average Bonchev–Trinajstić information content (AvgIpc) is 3.18.